The zero-order chi connectivity index (χ0) is 14.9. The summed E-state index contributed by atoms with van der Waals surface area (Å²) < 4.78 is 28.0. The number of sulfonamides is 1. The number of halogens is 2. The van der Waals surface area contributed by atoms with Gasteiger partial charge in [0.15, 0.2) is 0 Å². The molecule has 0 saturated carbocycles. The maximum atomic E-state index is 12.3. The topological polar surface area (TPSA) is 84.8 Å². The van der Waals surface area contributed by atoms with Crippen LogP contribution in [0.2, 0.25) is 0 Å². The van der Waals surface area contributed by atoms with Crippen LogP contribution in [-0.2, 0) is 10.0 Å². The molecule has 2 rings (SSSR count). The summed E-state index contributed by atoms with van der Waals surface area (Å²) in [6.45, 7) is 3.48. The van der Waals surface area contributed by atoms with Crippen LogP contribution in [0.25, 0.3) is 0 Å². The highest BCUT2D eigenvalue weighted by Gasteiger charge is 2.19. The molecule has 2 aromatic rings. The molecule has 6 nitrogen and oxygen atoms in total. The van der Waals surface area contributed by atoms with Gasteiger partial charge in [-0.15, -0.1) is 5.10 Å². The molecule has 0 bridgehead atoms. The van der Waals surface area contributed by atoms with E-state index in [4.69, 9.17) is 0 Å². The summed E-state index contributed by atoms with van der Waals surface area (Å²) >= 11 is 6.48. The molecule has 0 atom stereocenters. The SMILES string of the molecule is Cc1nnc(NS(=O)(=O)c2ccc(Br)cc2Br)nc1C. The first-order valence-corrected chi connectivity index (χ1v) is 8.52. The van der Waals surface area contributed by atoms with E-state index < -0.39 is 10.0 Å². The van der Waals surface area contributed by atoms with Crippen molar-refractivity contribution in [1.82, 2.24) is 15.2 Å². The number of hydrogen-bond donors (Lipinski definition) is 1. The summed E-state index contributed by atoms with van der Waals surface area (Å²) in [6.07, 6.45) is 0. The highest BCUT2D eigenvalue weighted by atomic mass is 79.9. The third-order valence-electron chi connectivity index (χ3n) is 2.50. The fourth-order valence-electron chi connectivity index (χ4n) is 1.37. The standard InChI is InChI=1S/C11H10Br2N4O2S/c1-6-7(2)15-16-11(14-6)17-20(18,19)10-4-3-8(12)5-9(10)13/h3-5H,1-2H3,(H,14,16,17). The normalized spacial score (nSPS) is 11.4. The van der Waals surface area contributed by atoms with Crippen LogP contribution in [0.4, 0.5) is 5.95 Å². The summed E-state index contributed by atoms with van der Waals surface area (Å²) in [5, 5.41) is 7.56. The molecule has 0 aliphatic carbocycles. The lowest BCUT2D eigenvalue weighted by Crippen LogP contribution is -2.16. The fourth-order valence-corrected chi connectivity index (χ4v) is 4.05. The van der Waals surface area contributed by atoms with E-state index in [-0.39, 0.29) is 10.8 Å². The van der Waals surface area contributed by atoms with Gasteiger partial charge in [-0.05, 0) is 48.0 Å². The number of rotatable bonds is 3. The second kappa shape index (κ2) is 5.74. The third kappa shape index (κ3) is 3.33. The van der Waals surface area contributed by atoms with Gasteiger partial charge in [-0.1, -0.05) is 15.9 Å². The Labute approximate surface area is 133 Å². The quantitative estimate of drug-likeness (QED) is 0.823. The first-order valence-electron chi connectivity index (χ1n) is 5.45. The Morgan fingerprint density at radius 3 is 2.40 bits per heavy atom. The van der Waals surface area contributed by atoms with Crippen LogP contribution < -0.4 is 4.72 Å². The van der Waals surface area contributed by atoms with E-state index in [1.807, 2.05) is 0 Å². The number of nitrogens with one attached hydrogen (secondary N) is 1. The van der Waals surface area contributed by atoms with Crippen molar-refractivity contribution in [3.63, 3.8) is 0 Å². The Balaban J connectivity index is 2.38. The van der Waals surface area contributed by atoms with Crippen molar-refractivity contribution in [1.29, 1.82) is 0 Å². The second-order valence-corrected chi connectivity index (χ2v) is 7.41. The van der Waals surface area contributed by atoms with Gasteiger partial charge in [0.25, 0.3) is 16.0 Å². The van der Waals surface area contributed by atoms with E-state index in [9.17, 15) is 8.42 Å². The first kappa shape index (κ1) is 15.3. The minimum Gasteiger partial charge on any atom is -0.246 e. The summed E-state index contributed by atoms with van der Waals surface area (Å²) in [5.41, 5.74) is 1.27. The number of hydrogen-bond acceptors (Lipinski definition) is 5. The smallest absolute Gasteiger partial charge is 0.246 e. The summed E-state index contributed by atoms with van der Waals surface area (Å²) in [4.78, 5) is 4.14. The van der Waals surface area contributed by atoms with Crippen molar-refractivity contribution in [2.24, 2.45) is 0 Å². The second-order valence-electron chi connectivity index (χ2n) is 3.99. The molecule has 0 aliphatic heterocycles. The van der Waals surface area contributed by atoms with Crippen molar-refractivity contribution in [3.8, 4) is 0 Å². The van der Waals surface area contributed by atoms with Gasteiger partial charge in [-0.25, -0.2) is 18.1 Å². The van der Waals surface area contributed by atoms with Crippen molar-refractivity contribution in [3.05, 3.63) is 38.5 Å². The minimum absolute atomic E-state index is 0.0529. The Bertz CT molecular complexity index is 765. The molecule has 0 spiro atoms. The van der Waals surface area contributed by atoms with E-state index in [2.05, 4.69) is 51.8 Å². The molecule has 0 aliphatic rings. The largest absolute Gasteiger partial charge is 0.265 e. The average Bonchev–Trinajstić information content (AvgIpc) is 2.33. The van der Waals surface area contributed by atoms with Gasteiger partial charge >= 0.3 is 0 Å². The van der Waals surface area contributed by atoms with Crippen LogP contribution in [0, 0.1) is 13.8 Å². The number of aryl methyl sites for hydroxylation is 2. The van der Waals surface area contributed by atoms with E-state index in [0.29, 0.717) is 15.9 Å². The average molecular weight is 422 g/mol. The molecule has 0 amide bonds. The van der Waals surface area contributed by atoms with Crippen molar-refractivity contribution < 1.29 is 8.42 Å². The molecule has 1 N–H and O–H groups in total. The molecule has 106 valence electrons. The predicted molar refractivity (Wildman–Crippen MR) is 82.0 cm³/mol. The Kier molecular flexibility index (Phi) is 4.40. The lowest BCUT2D eigenvalue weighted by atomic mass is 10.4. The Morgan fingerprint density at radius 1 is 1.10 bits per heavy atom. The molecular formula is C11H10Br2N4O2S. The van der Waals surface area contributed by atoms with Gasteiger partial charge < -0.3 is 0 Å². The minimum atomic E-state index is -3.77. The van der Waals surface area contributed by atoms with Gasteiger partial charge in [-0.3, -0.25) is 0 Å². The van der Waals surface area contributed by atoms with E-state index in [1.165, 1.54) is 6.07 Å². The summed E-state index contributed by atoms with van der Waals surface area (Å²) in [6, 6.07) is 4.76. The number of benzene rings is 1. The maximum absolute atomic E-state index is 12.3. The molecule has 9 heteroatoms. The zero-order valence-corrected chi connectivity index (χ0v) is 14.5. The number of nitrogens with zero attached hydrogens (tertiary/aromatic N) is 3. The van der Waals surface area contributed by atoms with Gasteiger partial charge in [0.1, 0.15) is 4.90 Å². The molecule has 20 heavy (non-hydrogen) atoms. The molecule has 0 radical (unpaired) electrons. The highest BCUT2D eigenvalue weighted by molar-refractivity contribution is 9.11. The first-order chi connectivity index (χ1) is 9.29. The van der Waals surface area contributed by atoms with Gasteiger partial charge in [0, 0.05) is 8.95 Å². The summed E-state index contributed by atoms with van der Waals surface area (Å²) in [5.74, 6) is -0.0529. The zero-order valence-electron chi connectivity index (χ0n) is 10.6. The molecule has 1 aromatic carbocycles. The van der Waals surface area contributed by atoms with Crippen molar-refractivity contribution in [2.45, 2.75) is 18.7 Å². The molecule has 0 fully saturated rings. The van der Waals surface area contributed by atoms with Crippen LogP contribution in [-0.4, -0.2) is 23.6 Å². The third-order valence-corrected chi connectivity index (χ3v) is 5.30. The highest BCUT2D eigenvalue weighted by Crippen LogP contribution is 2.26. The van der Waals surface area contributed by atoms with Crippen LogP contribution in [0.3, 0.4) is 0 Å². The van der Waals surface area contributed by atoms with E-state index >= 15 is 0 Å². The monoisotopic (exact) mass is 420 g/mol. The van der Waals surface area contributed by atoms with Gasteiger partial charge in [0.2, 0.25) is 0 Å². The fraction of sp³-hybridized carbons (Fsp3) is 0.182. The van der Waals surface area contributed by atoms with Crippen LogP contribution in [0.5, 0.6) is 0 Å². The van der Waals surface area contributed by atoms with Gasteiger partial charge in [0.05, 0.1) is 11.4 Å². The van der Waals surface area contributed by atoms with Crippen molar-refractivity contribution >= 4 is 47.8 Å². The summed E-state index contributed by atoms with van der Waals surface area (Å²) in [7, 11) is -3.77. The Morgan fingerprint density at radius 2 is 1.80 bits per heavy atom. The van der Waals surface area contributed by atoms with Crippen LogP contribution in [0.15, 0.2) is 32.0 Å². The lowest BCUT2D eigenvalue weighted by molar-refractivity contribution is 0.600. The molecule has 1 aromatic heterocycles. The maximum Gasteiger partial charge on any atom is 0.265 e. The number of anilines is 1. The molecule has 1 heterocycles. The van der Waals surface area contributed by atoms with Gasteiger partial charge in [-0.2, -0.15) is 5.10 Å². The van der Waals surface area contributed by atoms with E-state index in [1.54, 1.807) is 26.0 Å². The van der Waals surface area contributed by atoms with E-state index in [0.717, 1.165) is 4.47 Å². The molecule has 0 unspecified atom stereocenters. The molecular weight excluding hydrogens is 412 g/mol. The Hall–Kier alpha value is -1.06. The number of aromatic nitrogens is 3. The lowest BCUT2D eigenvalue weighted by Gasteiger charge is -2.09. The predicted octanol–water partition coefficient (Wildman–Crippen LogP) is 2.81. The van der Waals surface area contributed by atoms with Crippen LogP contribution in [0.1, 0.15) is 11.4 Å². The molecule has 0 saturated heterocycles. The van der Waals surface area contributed by atoms with Crippen LogP contribution >= 0.6 is 31.9 Å². The van der Waals surface area contributed by atoms with Crippen molar-refractivity contribution in [2.75, 3.05) is 4.72 Å².